The van der Waals surface area contributed by atoms with Crippen molar-refractivity contribution in [2.24, 2.45) is 0 Å². The number of hydrogen-bond donors (Lipinski definition) is 0. The van der Waals surface area contributed by atoms with E-state index in [2.05, 4.69) is 84.9 Å². The maximum absolute atomic E-state index is 4.79. The summed E-state index contributed by atoms with van der Waals surface area (Å²) in [4.78, 5) is 9.58. The van der Waals surface area contributed by atoms with Crippen LogP contribution in [0.4, 0.5) is 0 Å². The largest absolute Gasteiger partial charge is 0.248 e. The van der Waals surface area contributed by atoms with Gasteiger partial charge in [-0.2, -0.15) is 0 Å². The number of fused-ring (bicyclic) bond motifs is 4. The van der Waals surface area contributed by atoms with Crippen LogP contribution in [0, 0.1) is 0 Å². The summed E-state index contributed by atoms with van der Waals surface area (Å²) in [5, 5.41) is 4.80. The zero-order valence-electron chi connectivity index (χ0n) is 16.5. The van der Waals surface area contributed by atoms with Crippen LogP contribution in [0.2, 0.25) is 0 Å². The predicted octanol–water partition coefficient (Wildman–Crippen LogP) is 6.87. The molecule has 0 aliphatic heterocycles. The van der Waals surface area contributed by atoms with Crippen molar-refractivity contribution in [3.63, 3.8) is 0 Å². The number of rotatable bonds is 3. The average molecular weight is 384 g/mol. The fourth-order valence-electron chi connectivity index (χ4n) is 4.26. The summed E-state index contributed by atoms with van der Waals surface area (Å²) < 4.78 is 0. The second kappa shape index (κ2) is 6.93. The molecule has 6 rings (SSSR count). The second-order valence-corrected chi connectivity index (χ2v) is 7.92. The van der Waals surface area contributed by atoms with Crippen LogP contribution in [0.25, 0.3) is 43.6 Å². The lowest BCUT2D eigenvalue weighted by Gasteiger charge is -2.07. The minimum Gasteiger partial charge on any atom is -0.248 e. The Bertz CT molecular complexity index is 1430. The van der Waals surface area contributed by atoms with E-state index in [0.717, 1.165) is 34.9 Å². The van der Waals surface area contributed by atoms with Gasteiger partial charge in [-0.3, -0.25) is 0 Å². The zero-order valence-corrected chi connectivity index (χ0v) is 16.5. The normalized spacial score (nSPS) is 11.6. The highest BCUT2D eigenvalue weighted by atomic mass is 14.7. The zero-order chi connectivity index (χ0) is 19.9. The molecule has 0 saturated carbocycles. The Morgan fingerprint density at radius 3 is 1.33 bits per heavy atom. The van der Waals surface area contributed by atoms with Gasteiger partial charge in [0, 0.05) is 21.5 Å². The molecule has 2 heterocycles. The minimum absolute atomic E-state index is 1.01. The van der Waals surface area contributed by atoms with Crippen molar-refractivity contribution < 1.29 is 0 Å². The van der Waals surface area contributed by atoms with Crippen molar-refractivity contribution in [1.82, 2.24) is 9.97 Å². The number of para-hydroxylation sites is 2. The molecule has 0 atom stereocenters. The molecule has 2 heteroatoms. The first-order valence-corrected chi connectivity index (χ1v) is 10.4. The average Bonchev–Trinajstić information content (AvgIpc) is 2.79. The lowest BCUT2D eigenvalue weighted by atomic mass is 10.0. The van der Waals surface area contributed by atoms with Crippen LogP contribution in [0.3, 0.4) is 0 Å². The van der Waals surface area contributed by atoms with Crippen LogP contribution < -0.4 is 0 Å². The van der Waals surface area contributed by atoms with Gasteiger partial charge in [0.1, 0.15) is 0 Å². The van der Waals surface area contributed by atoms with Crippen molar-refractivity contribution >= 4 is 43.6 Å². The molecule has 2 nitrogen and oxygen atoms in total. The molecule has 0 unspecified atom stereocenters. The van der Waals surface area contributed by atoms with Gasteiger partial charge in [0.2, 0.25) is 0 Å². The van der Waals surface area contributed by atoms with Crippen LogP contribution in [-0.2, 0) is 12.8 Å². The Balaban J connectivity index is 1.30. The van der Waals surface area contributed by atoms with Gasteiger partial charge in [0.25, 0.3) is 0 Å². The predicted molar refractivity (Wildman–Crippen MR) is 126 cm³/mol. The van der Waals surface area contributed by atoms with Crippen LogP contribution in [-0.4, -0.2) is 9.97 Å². The smallest absolute Gasteiger partial charge is 0.0709 e. The Hall–Kier alpha value is -3.78. The summed E-state index contributed by atoms with van der Waals surface area (Å²) in [6.45, 7) is 0. The minimum atomic E-state index is 1.01. The molecule has 0 aliphatic carbocycles. The summed E-state index contributed by atoms with van der Waals surface area (Å²) in [5.74, 6) is 0. The molecule has 142 valence electrons. The Labute approximate surface area is 174 Å². The number of aryl methyl sites for hydroxylation is 2. The fourth-order valence-corrected chi connectivity index (χ4v) is 4.26. The van der Waals surface area contributed by atoms with Crippen molar-refractivity contribution in [2.75, 3.05) is 0 Å². The van der Waals surface area contributed by atoms with Crippen LogP contribution >= 0.6 is 0 Å². The van der Waals surface area contributed by atoms with E-state index < -0.39 is 0 Å². The number of nitrogens with zero attached hydrogens (tertiary/aromatic N) is 2. The maximum atomic E-state index is 4.79. The van der Waals surface area contributed by atoms with Gasteiger partial charge >= 0.3 is 0 Å². The quantitative estimate of drug-likeness (QED) is 0.311. The molecule has 0 aliphatic rings. The van der Waals surface area contributed by atoms with Gasteiger partial charge in [-0.15, -0.1) is 0 Å². The van der Waals surface area contributed by atoms with Crippen LogP contribution in [0.5, 0.6) is 0 Å². The van der Waals surface area contributed by atoms with Gasteiger partial charge in [-0.1, -0.05) is 48.5 Å². The summed E-state index contributed by atoms with van der Waals surface area (Å²) in [7, 11) is 0. The van der Waals surface area contributed by atoms with Crippen molar-refractivity contribution in [3.8, 4) is 0 Å². The first-order valence-electron chi connectivity index (χ1n) is 10.4. The highest BCUT2D eigenvalue weighted by molar-refractivity contribution is 5.93. The topological polar surface area (TPSA) is 25.8 Å². The molecule has 30 heavy (non-hydrogen) atoms. The van der Waals surface area contributed by atoms with Crippen molar-refractivity contribution in [2.45, 2.75) is 12.8 Å². The van der Waals surface area contributed by atoms with Gasteiger partial charge in [0.05, 0.1) is 22.1 Å². The van der Waals surface area contributed by atoms with E-state index in [1.807, 2.05) is 12.1 Å². The molecule has 2 aromatic heterocycles. The third kappa shape index (κ3) is 3.07. The standard InChI is InChI=1S/C28H20N2/c1-3-7-25-21(5-1)17-23-15-19(11-13-27(23)29-25)9-10-20-12-14-28-24(16-20)18-22-6-2-4-8-26(22)30-28/h1-8,11-18H,9-10H2. The second-order valence-electron chi connectivity index (χ2n) is 7.92. The Morgan fingerprint density at radius 1 is 0.400 bits per heavy atom. The Morgan fingerprint density at radius 2 is 0.833 bits per heavy atom. The molecule has 0 bridgehead atoms. The summed E-state index contributed by atoms with van der Waals surface area (Å²) in [5.41, 5.74) is 6.90. The van der Waals surface area contributed by atoms with E-state index in [1.165, 1.54) is 32.7 Å². The molecule has 0 radical (unpaired) electrons. The molecule has 6 aromatic rings. The van der Waals surface area contributed by atoms with E-state index in [0.29, 0.717) is 0 Å². The maximum Gasteiger partial charge on any atom is 0.0709 e. The van der Waals surface area contributed by atoms with Crippen LogP contribution in [0.15, 0.2) is 97.1 Å². The molecular formula is C28H20N2. The van der Waals surface area contributed by atoms with E-state index in [-0.39, 0.29) is 0 Å². The summed E-state index contributed by atoms with van der Waals surface area (Å²) in [6, 6.07) is 34.4. The number of benzene rings is 4. The van der Waals surface area contributed by atoms with Gasteiger partial charge < -0.3 is 0 Å². The van der Waals surface area contributed by atoms with Crippen molar-refractivity contribution in [3.05, 3.63) is 108 Å². The third-order valence-electron chi connectivity index (χ3n) is 5.86. The molecule has 0 amide bonds. The van der Waals surface area contributed by atoms with E-state index in [4.69, 9.17) is 9.97 Å². The summed E-state index contributed by atoms with van der Waals surface area (Å²) in [6.07, 6.45) is 2.02. The highest BCUT2D eigenvalue weighted by Gasteiger charge is 2.04. The van der Waals surface area contributed by atoms with E-state index >= 15 is 0 Å². The molecule has 0 saturated heterocycles. The molecule has 4 aromatic carbocycles. The third-order valence-corrected chi connectivity index (χ3v) is 5.86. The number of pyridine rings is 2. The molecule has 0 fully saturated rings. The lowest BCUT2D eigenvalue weighted by molar-refractivity contribution is 0.964. The first-order chi connectivity index (χ1) is 14.8. The SMILES string of the molecule is c1ccc2nc3ccc(CCc4ccc5nc6ccccc6cc5c4)cc3cc2c1. The van der Waals surface area contributed by atoms with Gasteiger partial charge in [0.15, 0.2) is 0 Å². The molecule has 0 N–H and O–H groups in total. The van der Waals surface area contributed by atoms with Gasteiger partial charge in [-0.05, 0) is 72.5 Å². The molecule has 0 spiro atoms. The lowest BCUT2D eigenvalue weighted by Crippen LogP contribution is -1.93. The van der Waals surface area contributed by atoms with E-state index in [1.54, 1.807) is 0 Å². The summed E-state index contributed by atoms with van der Waals surface area (Å²) >= 11 is 0. The number of hydrogen-bond acceptors (Lipinski definition) is 2. The van der Waals surface area contributed by atoms with Gasteiger partial charge in [-0.25, -0.2) is 9.97 Å². The highest BCUT2D eigenvalue weighted by Crippen LogP contribution is 2.23. The molecular weight excluding hydrogens is 364 g/mol. The van der Waals surface area contributed by atoms with E-state index in [9.17, 15) is 0 Å². The first kappa shape index (κ1) is 17.1. The monoisotopic (exact) mass is 384 g/mol. The Kier molecular flexibility index (Phi) is 3.95. The fraction of sp³-hybridized carbons (Fsp3) is 0.0714. The van der Waals surface area contributed by atoms with Crippen LogP contribution in [0.1, 0.15) is 11.1 Å². The number of aromatic nitrogens is 2. The van der Waals surface area contributed by atoms with Crippen molar-refractivity contribution in [1.29, 1.82) is 0 Å².